The quantitative estimate of drug-likeness (QED) is 0.806. The first kappa shape index (κ1) is 18.7. The van der Waals surface area contributed by atoms with E-state index in [0.29, 0.717) is 0 Å². The molecule has 1 amide bonds. The summed E-state index contributed by atoms with van der Waals surface area (Å²) >= 11 is 0. The molecule has 0 aliphatic rings. The predicted molar refractivity (Wildman–Crippen MR) is 95.0 cm³/mol. The zero-order chi connectivity index (χ0) is 18.6. The second-order valence-electron chi connectivity index (χ2n) is 6.25. The Hall–Kier alpha value is -2.60. The Morgan fingerprint density at radius 3 is 2.40 bits per heavy atom. The molecule has 134 valence electrons. The van der Waals surface area contributed by atoms with E-state index in [4.69, 9.17) is 9.47 Å². The lowest BCUT2D eigenvalue weighted by molar-refractivity contribution is -0.149. The van der Waals surface area contributed by atoms with Crippen molar-refractivity contribution < 1.29 is 24.2 Å². The fourth-order valence-electron chi connectivity index (χ4n) is 2.61. The van der Waals surface area contributed by atoms with Gasteiger partial charge in [-0.3, -0.25) is 4.79 Å². The molecule has 0 spiro atoms. The molecule has 0 saturated heterocycles. The third-order valence-corrected chi connectivity index (χ3v) is 4.27. The van der Waals surface area contributed by atoms with Gasteiger partial charge in [0.2, 0.25) is 5.91 Å². The van der Waals surface area contributed by atoms with E-state index in [1.165, 1.54) is 14.0 Å². The van der Waals surface area contributed by atoms with Gasteiger partial charge in [-0.25, -0.2) is 4.79 Å². The van der Waals surface area contributed by atoms with E-state index >= 15 is 0 Å². The SMILES string of the molecule is COCC(C)(NC(=O)C(C)c1ccc2cc(OC)ccc2c1)C(=O)O. The average molecular weight is 345 g/mol. The molecule has 2 rings (SSSR count). The third-order valence-electron chi connectivity index (χ3n) is 4.27. The van der Waals surface area contributed by atoms with Gasteiger partial charge in [0.05, 0.1) is 19.6 Å². The molecule has 0 bridgehead atoms. The van der Waals surface area contributed by atoms with Crippen LogP contribution in [0.1, 0.15) is 25.3 Å². The Kier molecular flexibility index (Phi) is 5.64. The number of carboxylic acid groups (broad SMARTS) is 1. The largest absolute Gasteiger partial charge is 0.497 e. The molecular formula is C19H23NO5. The molecule has 0 saturated carbocycles. The minimum absolute atomic E-state index is 0.113. The van der Waals surface area contributed by atoms with Crippen LogP contribution in [0.3, 0.4) is 0 Å². The fourth-order valence-corrected chi connectivity index (χ4v) is 2.61. The van der Waals surface area contributed by atoms with E-state index < -0.39 is 17.4 Å². The maximum absolute atomic E-state index is 12.5. The van der Waals surface area contributed by atoms with E-state index in [9.17, 15) is 14.7 Å². The van der Waals surface area contributed by atoms with Gasteiger partial charge in [0, 0.05) is 7.11 Å². The lowest BCUT2D eigenvalue weighted by atomic mass is 9.95. The molecule has 2 aromatic rings. The highest BCUT2D eigenvalue weighted by Crippen LogP contribution is 2.25. The van der Waals surface area contributed by atoms with Crippen molar-refractivity contribution in [1.29, 1.82) is 0 Å². The number of ether oxygens (including phenoxy) is 2. The summed E-state index contributed by atoms with van der Waals surface area (Å²) in [7, 11) is 3.01. The number of benzene rings is 2. The maximum Gasteiger partial charge on any atom is 0.331 e. The van der Waals surface area contributed by atoms with Gasteiger partial charge in [-0.1, -0.05) is 24.3 Å². The number of nitrogens with one attached hydrogen (secondary N) is 1. The van der Waals surface area contributed by atoms with Gasteiger partial charge in [0.15, 0.2) is 5.54 Å². The monoisotopic (exact) mass is 345 g/mol. The van der Waals surface area contributed by atoms with Crippen molar-refractivity contribution in [2.24, 2.45) is 0 Å². The molecule has 2 atom stereocenters. The van der Waals surface area contributed by atoms with Crippen molar-refractivity contribution >= 4 is 22.6 Å². The summed E-state index contributed by atoms with van der Waals surface area (Å²) in [5.41, 5.74) is -0.662. The van der Waals surface area contributed by atoms with Crippen molar-refractivity contribution in [2.45, 2.75) is 25.3 Å². The molecule has 6 heteroatoms. The topological polar surface area (TPSA) is 84.9 Å². The average Bonchev–Trinajstić information content (AvgIpc) is 2.60. The molecule has 0 heterocycles. The van der Waals surface area contributed by atoms with Crippen LogP contribution in [0.5, 0.6) is 5.75 Å². The molecule has 25 heavy (non-hydrogen) atoms. The summed E-state index contributed by atoms with van der Waals surface area (Å²) in [6.45, 7) is 3.06. The van der Waals surface area contributed by atoms with Crippen molar-refractivity contribution in [3.8, 4) is 5.75 Å². The molecule has 2 unspecified atom stereocenters. The zero-order valence-corrected chi connectivity index (χ0v) is 14.8. The second-order valence-corrected chi connectivity index (χ2v) is 6.25. The summed E-state index contributed by atoms with van der Waals surface area (Å²) in [5.74, 6) is -1.24. The Balaban J connectivity index is 2.24. The van der Waals surface area contributed by atoms with Gasteiger partial charge in [-0.15, -0.1) is 0 Å². The van der Waals surface area contributed by atoms with E-state index in [1.807, 2.05) is 36.4 Å². The van der Waals surface area contributed by atoms with Crippen LogP contribution >= 0.6 is 0 Å². The van der Waals surface area contributed by atoms with Crippen molar-refractivity contribution in [3.63, 3.8) is 0 Å². The Labute approximate surface area is 146 Å². The van der Waals surface area contributed by atoms with E-state index in [2.05, 4.69) is 5.32 Å². The zero-order valence-electron chi connectivity index (χ0n) is 14.8. The molecule has 6 nitrogen and oxygen atoms in total. The molecule has 0 fully saturated rings. The van der Waals surface area contributed by atoms with E-state index in [-0.39, 0.29) is 12.5 Å². The molecule has 0 aromatic heterocycles. The predicted octanol–water partition coefficient (Wildman–Crippen LogP) is 2.56. The van der Waals surface area contributed by atoms with Gasteiger partial charge in [0.1, 0.15) is 5.75 Å². The normalized spacial score (nSPS) is 14.6. The number of carboxylic acids is 1. The number of hydrogen-bond acceptors (Lipinski definition) is 4. The number of carbonyl (C=O) groups excluding carboxylic acids is 1. The highest BCUT2D eigenvalue weighted by atomic mass is 16.5. The number of fused-ring (bicyclic) bond motifs is 1. The van der Waals surface area contributed by atoms with Crippen LogP contribution in [0.2, 0.25) is 0 Å². The minimum atomic E-state index is -1.47. The smallest absolute Gasteiger partial charge is 0.331 e. The molecule has 0 radical (unpaired) electrons. The van der Waals surface area contributed by atoms with Gasteiger partial charge < -0.3 is 19.9 Å². The summed E-state index contributed by atoms with van der Waals surface area (Å²) < 4.78 is 10.1. The number of carbonyl (C=O) groups is 2. The van der Waals surface area contributed by atoms with Gasteiger partial charge >= 0.3 is 5.97 Å². The van der Waals surface area contributed by atoms with Gasteiger partial charge in [-0.05, 0) is 42.3 Å². The lowest BCUT2D eigenvalue weighted by Gasteiger charge is -2.27. The maximum atomic E-state index is 12.5. The van der Waals surface area contributed by atoms with Crippen molar-refractivity contribution in [3.05, 3.63) is 42.0 Å². The molecular weight excluding hydrogens is 322 g/mol. The Bertz CT molecular complexity index is 788. The fraction of sp³-hybridized carbons (Fsp3) is 0.368. The molecule has 2 N–H and O–H groups in total. The number of amides is 1. The van der Waals surface area contributed by atoms with E-state index in [1.54, 1.807) is 14.0 Å². The molecule has 0 aliphatic carbocycles. The van der Waals surface area contributed by atoms with Crippen LogP contribution in [-0.2, 0) is 14.3 Å². The van der Waals surface area contributed by atoms with Gasteiger partial charge in [0.25, 0.3) is 0 Å². The van der Waals surface area contributed by atoms with Crippen LogP contribution < -0.4 is 10.1 Å². The Morgan fingerprint density at radius 2 is 1.80 bits per heavy atom. The van der Waals surface area contributed by atoms with Crippen LogP contribution in [-0.4, -0.2) is 43.3 Å². The number of rotatable bonds is 7. The highest BCUT2D eigenvalue weighted by molar-refractivity contribution is 5.91. The standard InChI is InChI=1S/C19H23NO5/c1-12(17(21)20-19(2,11-24-3)18(22)23)13-5-6-15-10-16(25-4)8-7-14(15)9-13/h5-10,12H,11H2,1-4H3,(H,20,21)(H,22,23). The summed E-state index contributed by atoms with van der Waals surface area (Å²) in [6, 6.07) is 11.4. The molecule has 0 aliphatic heterocycles. The van der Waals surface area contributed by atoms with Crippen molar-refractivity contribution in [1.82, 2.24) is 5.32 Å². The lowest BCUT2D eigenvalue weighted by Crippen LogP contribution is -2.56. The Morgan fingerprint density at radius 1 is 1.16 bits per heavy atom. The van der Waals surface area contributed by atoms with Gasteiger partial charge in [-0.2, -0.15) is 0 Å². The minimum Gasteiger partial charge on any atom is -0.497 e. The highest BCUT2D eigenvalue weighted by Gasteiger charge is 2.36. The first-order valence-corrected chi connectivity index (χ1v) is 7.93. The van der Waals surface area contributed by atoms with Crippen LogP contribution in [0.15, 0.2) is 36.4 Å². The van der Waals surface area contributed by atoms with Crippen molar-refractivity contribution in [2.75, 3.05) is 20.8 Å². The molecule has 2 aromatic carbocycles. The number of methoxy groups -OCH3 is 2. The van der Waals surface area contributed by atoms with Crippen LogP contribution in [0.25, 0.3) is 10.8 Å². The number of hydrogen-bond donors (Lipinski definition) is 2. The van der Waals surface area contributed by atoms with Crippen LogP contribution in [0.4, 0.5) is 0 Å². The summed E-state index contributed by atoms with van der Waals surface area (Å²) in [6.07, 6.45) is 0. The third kappa shape index (κ3) is 4.09. The first-order chi connectivity index (χ1) is 11.8. The van der Waals surface area contributed by atoms with Crippen LogP contribution in [0, 0.1) is 0 Å². The number of aliphatic carboxylic acids is 1. The summed E-state index contributed by atoms with van der Waals surface area (Å²) in [4.78, 5) is 24.0. The van der Waals surface area contributed by atoms with E-state index in [0.717, 1.165) is 22.1 Å². The second kappa shape index (κ2) is 7.53. The summed E-state index contributed by atoms with van der Waals surface area (Å²) in [5, 5.41) is 13.9. The first-order valence-electron chi connectivity index (χ1n) is 7.93.